The molecule has 0 saturated heterocycles. The van der Waals surface area contributed by atoms with E-state index in [0.29, 0.717) is 0 Å². The largest absolute Gasteiger partial charge is 0.315 e. The second-order valence-electron chi connectivity index (χ2n) is 1.76. The van der Waals surface area contributed by atoms with Gasteiger partial charge in [-0.05, 0) is 13.1 Å². The van der Waals surface area contributed by atoms with Crippen molar-refractivity contribution in [2.45, 2.75) is 6.54 Å². The Morgan fingerprint density at radius 1 is 1.78 bits per heavy atom. The maximum atomic E-state index is 12.2. The third-order valence-corrected chi connectivity index (χ3v) is 1.88. The zero-order chi connectivity index (χ0) is 6.69. The van der Waals surface area contributed by atoms with Crippen LogP contribution < -0.4 is 5.32 Å². The van der Waals surface area contributed by atoms with Gasteiger partial charge in [-0.1, -0.05) is 0 Å². The average Bonchev–Trinajstić information content (AvgIpc) is 2.17. The summed E-state index contributed by atoms with van der Waals surface area (Å²) in [7, 11) is 1.84. The summed E-state index contributed by atoms with van der Waals surface area (Å²) in [6.07, 6.45) is 0. The first-order valence-electron chi connectivity index (χ1n) is 2.70. The Labute approximate surface area is 57.5 Å². The van der Waals surface area contributed by atoms with E-state index in [9.17, 15) is 4.39 Å². The van der Waals surface area contributed by atoms with Gasteiger partial charge in [-0.2, -0.15) is 0 Å². The van der Waals surface area contributed by atoms with Crippen LogP contribution in [-0.2, 0) is 6.54 Å². The highest BCUT2D eigenvalue weighted by atomic mass is 32.1. The lowest BCUT2D eigenvalue weighted by Crippen LogP contribution is -2.02. The van der Waals surface area contributed by atoms with Gasteiger partial charge < -0.3 is 5.32 Å². The molecule has 0 aliphatic carbocycles. The Hall–Kier alpha value is -0.410. The Balaban J connectivity index is 2.61. The molecule has 0 bridgehead atoms. The fraction of sp³-hybridized carbons (Fsp3) is 0.333. The minimum Gasteiger partial charge on any atom is -0.315 e. The van der Waals surface area contributed by atoms with Gasteiger partial charge >= 0.3 is 0 Å². The molecule has 0 aliphatic rings. The van der Waals surface area contributed by atoms with Gasteiger partial charge in [0.1, 0.15) is 5.82 Å². The van der Waals surface area contributed by atoms with E-state index in [1.807, 2.05) is 7.05 Å². The van der Waals surface area contributed by atoms with Gasteiger partial charge in [0.15, 0.2) is 0 Å². The van der Waals surface area contributed by atoms with Gasteiger partial charge in [0, 0.05) is 16.8 Å². The molecule has 0 saturated carbocycles. The molecule has 1 N–H and O–H groups in total. The molecule has 50 valence electrons. The fourth-order valence-corrected chi connectivity index (χ4v) is 1.36. The van der Waals surface area contributed by atoms with Crippen LogP contribution in [0.15, 0.2) is 11.4 Å². The molecule has 9 heavy (non-hydrogen) atoms. The van der Waals surface area contributed by atoms with Gasteiger partial charge in [0.25, 0.3) is 0 Å². The van der Waals surface area contributed by atoms with Gasteiger partial charge in [-0.15, -0.1) is 11.3 Å². The van der Waals surface area contributed by atoms with Gasteiger partial charge in [-0.25, -0.2) is 4.39 Å². The monoisotopic (exact) mass is 145 g/mol. The molecule has 0 aliphatic heterocycles. The van der Waals surface area contributed by atoms with Crippen LogP contribution in [0.5, 0.6) is 0 Å². The quantitative estimate of drug-likeness (QED) is 0.666. The maximum Gasteiger partial charge on any atom is 0.134 e. The van der Waals surface area contributed by atoms with E-state index in [2.05, 4.69) is 5.32 Å². The van der Waals surface area contributed by atoms with E-state index < -0.39 is 0 Å². The maximum absolute atomic E-state index is 12.2. The Bertz CT molecular complexity index is 185. The summed E-state index contributed by atoms with van der Waals surface area (Å²) in [5.41, 5.74) is 0. The zero-order valence-corrected chi connectivity index (χ0v) is 5.96. The van der Waals surface area contributed by atoms with Crippen LogP contribution in [0.1, 0.15) is 4.88 Å². The third-order valence-electron chi connectivity index (χ3n) is 0.973. The summed E-state index contributed by atoms with van der Waals surface area (Å²) in [4.78, 5) is 1.04. The minimum absolute atomic E-state index is 0.134. The van der Waals surface area contributed by atoms with Gasteiger partial charge in [-0.3, -0.25) is 0 Å². The molecule has 0 amide bonds. The van der Waals surface area contributed by atoms with Crippen LogP contribution in [0.2, 0.25) is 0 Å². The van der Waals surface area contributed by atoms with Crippen molar-refractivity contribution in [1.82, 2.24) is 5.32 Å². The minimum atomic E-state index is -0.134. The SMILES string of the molecule is CNCc1cc(F)cs1. The van der Waals surface area contributed by atoms with E-state index in [4.69, 9.17) is 0 Å². The molecule has 0 aromatic carbocycles. The van der Waals surface area contributed by atoms with Crippen LogP contribution >= 0.6 is 11.3 Å². The standard InChI is InChI=1S/C6H8FNS/c1-8-3-6-2-5(7)4-9-6/h2,4,8H,3H2,1H3. The smallest absolute Gasteiger partial charge is 0.134 e. The number of hydrogen-bond acceptors (Lipinski definition) is 2. The molecule has 1 heterocycles. The molecule has 0 spiro atoms. The molecular weight excluding hydrogens is 137 g/mol. The second-order valence-corrected chi connectivity index (χ2v) is 2.76. The predicted octanol–water partition coefficient (Wildman–Crippen LogP) is 1.61. The lowest BCUT2D eigenvalue weighted by atomic mass is 10.4. The van der Waals surface area contributed by atoms with E-state index in [-0.39, 0.29) is 5.82 Å². The molecular formula is C6H8FNS. The van der Waals surface area contributed by atoms with E-state index in [1.165, 1.54) is 16.7 Å². The highest BCUT2D eigenvalue weighted by Gasteiger charge is 1.94. The summed E-state index contributed by atoms with van der Waals surface area (Å²) in [5.74, 6) is -0.134. The second kappa shape index (κ2) is 2.94. The normalized spacial score (nSPS) is 10.0. The number of halogens is 1. The molecule has 1 rings (SSSR count). The van der Waals surface area contributed by atoms with Gasteiger partial charge in [0.05, 0.1) is 0 Å². The zero-order valence-electron chi connectivity index (χ0n) is 5.15. The Morgan fingerprint density at radius 2 is 2.56 bits per heavy atom. The lowest BCUT2D eigenvalue weighted by Gasteiger charge is -1.89. The molecule has 1 nitrogen and oxygen atoms in total. The number of rotatable bonds is 2. The Morgan fingerprint density at radius 3 is 3.00 bits per heavy atom. The first-order chi connectivity index (χ1) is 4.33. The predicted molar refractivity (Wildman–Crippen MR) is 37.0 cm³/mol. The highest BCUT2D eigenvalue weighted by Crippen LogP contribution is 2.11. The first kappa shape index (κ1) is 6.71. The van der Waals surface area contributed by atoms with E-state index in [1.54, 1.807) is 6.07 Å². The summed E-state index contributed by atoms with van der Waals surface area (Å²) in [6.45, 7) is 0.759. The van der Waals surface area contributed by atoms with Crippen LogP contribution in [0, 0.1) is 5.82 Å². The molecule has 3 heteroatoms. The Kier molecular flexibility index (Phi) is 2.19. The summed E-state index contributed by atoms with van der Waals surface area (Å²) in [6, 6.07) is 1.54. The average molecular weight is 145 g/mol. The molecule has 0 unspecified atom stereocenters. The number of hydrogen-bond donors (Lipinski definition) is 1. The summed E-state index contributed by atoms with van der Waals surface area (Å²) in [5, 5.41) is 4.45. The molecule has 0 radical (unpaired) electrons. The first-order valence-corrected chi connectivity index (χ1v) is 3.58. The van der Waals surface area contributed by atoms with Crippen molar-refractivity contribution in [3.05, 3.63) is 22.1 Å². The van der Waals surface area contributed by atoms with Crippen molar-refractivity contribution in [2.75, 3.05) is 7.05 Å². The lowest BCUT2D eigenvalue weighted by molar-refractivity contribution is 0.631. The molecule has 0 fully saturated rings. The number of thiophene rings is 1. The highest BCUT2D eigenvalue weighted by molar-refractivity contribution is 7.09. The van der Waals surface area contributed by atoms with Crippen LogP contribution in [0.4, 0.5) is 4.39 Å². The van der Waals surface area contributed by atoms with Crippen LogP contribution in [0.3, 0.4) is 0 Å². The van der Waals surface area contributed by atoms with Gasteiger partial charge in [0.2, 0.25) is 0 Å². The molecule has 1 aromatic rings. The van der Waals surface area contributed by atoms with E-state index in [0.717, 1.165) is 11.4 Å². The molecule has 0 atom stereocenters. The van der Waals surface area contributed by atoms with E-state index >= 15 is 0 Å². The van der Waals surface area contributed by atoms with Crippen molar-refractivity contribution in [2.24, 2.45) is 0 Å². The van der Waals surface area contributed by atoms with Crippen molar-refractivity contribution < 1.29 is 4.39 Å². The third kappa shape index (κ3) is 1.77. The van der Waals surface area contributed by atoms with Crippen molar-refractivity contribution >= 4 is 11.3 Å². The fourth-order valence-electron chi connectivity index (χ4n) is 0.621. The van der Waals surface area contributed by atoms with Crippen LogP contribution in [-0.4, -0.2) is 7.05 Å². The summed E-state index contributed by atoms with van der Waals surface area (Å²) < 4.78 is 12.2. The molecule has 1 aromatic heterocycles. The van der Waals surface area contributed by atoms with Crippen molar-refractivity contribution in [3.63, 3.8) is 0 Å². The van der Waals surface area contributed by atoms with Crippen molar-refractivity contribution in [3.8, 4) is 0 Å². The van der Waals surface area contributed by atoms with Crippen LogP contribution in [0.25, 0.3) is 0 Å². The van der Waals surface area contributed by atoms with Crippen molar-refractivity contribution in [1.29, 1.82) is 0 Å². The number of nitrogens with one attached hydrogen (secondary N) is 1. The topological polar surface area (TPSA) is 12.0 Å². The summed E-state index contributed by atoms with van der Waals surface area (Å²) >= 11 is 1.44.